The fourth-order valence-electron chi connectivity index (χ4n) is 0.616. The third kappa shape index (κ3) is 2.89. The Labute approximate surface area is 67.7 Å². The average Bonchev–Trinajstić information content (AvgIpc) is 2.02. The zero-order valence-corrected chi connectivity index (χ0v) is 7.31. The van der Waals surface area contributed by atoms with Crippen molar-refractivity contribution in [2.45, 2.75) is 13.8 Å². The van der Waals surface area contributed by atoms with E-state index in [-0.39, 0.29) is 0 Å². The van der Waals surface area contributed by atoms with Gasteiger partial charge in [-0.2, -0.15) is 0 Å². The summed E-state index contributed by atoms with van der Waals surface area (Å²) in [4.78, 5) is 4.02. The number of hydrogen-bond acceptors (Lipinski definition) is 3. The lowest BCUT2D eigenvalue weighted by Gasteiger charge is -2.05. The topological polar surface area (TPSA) is 50.4 Å². The summed E-state index contributed by atoms with van der Waals surface area (Å²) in [6, 6.07) is 0. The molecule has 0 fully saturated rings. The first-order valence-electron chi connectivity index (χ1n) is 3.45. The number of nitrogens with two attached hydrogens (primary N) is 1. The SMILES string of the molecule is C=C(NC)/C(N)=C(C)/N=C\C. The summed E-state index contributed by atoms with van der Waals surface area (Å²) in [5, 5.41) is 2.85. The average molecular weight is 153 g/mol. The van der Waals surface area contributed by atoms with Crippen LogP contribution in [-0.4, -0.2) is 13.3 Å². The van der Waals surface area contributed by atoms with Crippen molar-refractivity contribution in [2.75, 3.05) is 7.05 Å². The molecule has 3 nitrogen and oxygen atoms in total. The summed E-state index contributed by atoms with van der Waals surface area (Å²) in [7, 11) is 1.78. The van der Waals surface area contributed by atoms with Gasteiger partial charge < -0.3 is 11.1 Å². The normalized spacial score (nSPS) is 13.0. The van der Waals surface area contributed by atoms with Crippen LogP contribution in [-0.2, 0) is 0 Å². The number of hydrogen-bond donors (Lipinski definition) is 2. The second-order valence-corrected chi connectivity index (χ2v) is 2.11. The molecule has 0 atom stereocenters. The molecule has 3 N–H and O–H groups in total. The minimum atomic E-state index is 0.602. The maximum absolute atomic E-state index is 5.66. The third-order valence-electron chi connectivity index (χ3n) is 1.34. The molecule has 62 valence electrons. The Kier molecular flexibility index (Phi) is 4.03. The van der Waals surface area contributed by atoms with Crippen LogP contribution in [0.1, 0.15) is 13.8 Å². The summed E-state index contributed by atoms with van der Waals surface area (Å²) in [6.07, 6.45) is 1.70. The molecule has 11 heavy (non-hydrogen) atoms. The van der Waals surface area contributed by atoms with Crippen LogP contribution in [0, 0.1) is 0 Å². The number of nitrogens with zero attached hydrogens (tertiary/aromatic N) is 1. The van der Waals surface area contributed by atoms with E-state index in [9.17, 15) is 0 Å². The van der Waals surface area contributed by atoms with E-state index >= 15 is 0 Å². The minimum Gasteiger partial charge on any atom is -0.396 e. The number of rotatable bonds is 3. The van der Waals surface area contributed by atoms with Gasteiger partial charge in [0.15, 0.2) is 0 Å². The van der Waals surface area contributed by atoms with Gasteiger partial charge in [0.2, 0.25) is 0 Å². The van der Waals surface area contributed by atoms with Crippen molar-refractivity contribution in [1.82, 2.24) is 5.32 Å². The molecule has 0 amide bonds. The molecule has 0 aromatic heterocycles. The molecule has 0 aliphatic rings. The van der Waals surface area contributed by atoms with Gasteiger partial charge in [0.05, 0.1) is 17.1 Å². The van der Waals surface area contributed by atoms with Gasteiger partial charge in [-0.05, 0) is 13.8 Å². The molecular formula is C8H15N3. The zero-order valence-electron chi connectivity index (χ0n) is 7.31. The van der Waals surface area contributed by atoms with Crippen molar-refractivity contribution in [1.29, 1.82) is 0 Å². The summed E-state index contributed by atoms with van der Waals surface area (Å²) >= 11 is 0. The zero-order chi connectivity index (χ0) is 8.85. The van der Waals surface area contributed by atoms with E-state index in [2.05, 4.69) is 16.9 Å². The number of aliphatic imine (C=N–C) groups is 1. The van der Waals surface area contributed by atoms with Crippen LogP contribution >= 0.6 is 0 Å². The quantitative estimate of drug-likeness (QED) is 0.469. The van der Waals surface area contributed by atoms with Gasteiger partial charge in [-0.15, -0.1) is 0 Å². The highest BCUT2D eigenvalue weighted by Gasteiger charge is 1.97. The number of likely N-dealkylation sites (N-methyl/N-ethyl adjacent to an activating group) is 1. The van der Waals surface area contributed by atoms with Crippen LogP contribution in [0.25, 0.3) is 0 Å². The van der Waals surface area contributed by atoms with E-state index in [0.29, 0.717) is 11.4 Å². The van der Waals surface area contributed by atoms with Crippen molar-refractivity contribution >= 4 is 6.21 Å². The Hall–Kier alpha value is -1.25. The van der Waals surface area contributed by atoms with Crippen LogP contribution in [0.4, 0.5) is 0 Å². The maximum Gasteiger partial charge on any atom is 0.0759 e. The van der Waals surface area contributed by atoms with Crippen molar-refractivity contribution in [2.24, 2.45) is 10.7 Å². The van der Waals surface area contributed by atoms with Crippen LogP contribution in [0.2, 0.25) is 0 Å². The fourth-order valence-corrected chi connectivity index (χ4v) is 0.616. The summed E-state index contributed by atoms with van der Waals surface area (Å²) in [6.45, 7) is 7.40. The van der Waals surface area contributed by atoms with E-state index in [1.165, 1.54) is 0 Å². The molecule has 0 rings (SSSR count). The molecule has 0 heterocycles. The molecule has 0 saturated heterocycles. The van der Waals surface area contributed by atoms with Gasteiger partial charge in [-0.1, -0.05) is 6.58 Å². The summed E-state index contributed by atoms with van der Waals surface area (Å²) in [5.74, 6) is 0. The van der Waals surface area contributed by atoms with Gasteiger partial charge in [-0.25, -0.2) is 0 Å². The van der Waals surface area contributed by atoms with Crippen LogP contribution in [0.15, 0.2) is 28.7 Å². The fraction of sp³-hybridized carbons (Fsp3) is 0.375. The lowest BCUT2D eigenvalue weighted by molar-refractivity contribution is 0.977. The van der Waals surface area contributed by atoms with E-state index in [4.69, 9.17) is 5.73 Å². The van der Waals surface area contributed by atoms with Crippen LogP contribution < -0.4 is 11.1 Å². The van der Waals surface area contributed by atoms with E-state index in [1.807, 2.05) is 13.8 Å². The number of allylic oxidation sites excluding steroid dienone is 1. The molecule has 0 aromatic carbocycles. The Morgan fingerprint density at radius 1 is 1.64 bits per heavy atom. The Balaban J connectivity index is 4.51. The van der Waals surface area contributed by atoms with Crippen LogP contribution in [0.5, 0.6) is 0 Å². The highest BCUT2D eigenvalue weighted by atomic mass is 14.9. The first kappa shape index (κ1) is 9.75. The largest absolute Gasteiger partial charge is 0.396 e. The molecule has 0 aliphatic carbocycles. The molecule has 0 bridgehead atoms. The Morgan fingerprint density at radius 2 is 2.18 bits per heavy atom. The molecule has 0 saturated carbocycles. The molecule has 0 radical (unpaired) electrons. The second kappa shape index (κ2) is 4.55. The summed E-state index contributed by atoms with van der Waals surface area (Å²) < 4.78 is 0. The Bertz CT molecular complexity index is 201. The smallest absolute Gasteiger partial charge is 0.0759 e. The third-order valence-corrected chi connectivity index (χ3v) is 1.34. The predicted molar refractivity (Wildman–Crippen MR) is 49.3 cm³/mol. The van der Waals surface area contributed by atoms with Crippen molar-refractivity contribution < 1.29 is 0 Å². The van der Waals surface area contributed by atoms with Gasteiger partial charge in [-0.3, -0.25) is 4.99 Å². The van der Waals surface area contributed by atoms with Gasteiger partial charge in [0.25, 0.3) is 0 Å². The molecule has 0 spiro atoms. The molecule has 3 heteroatoms. The highest BCUT2D eigenvalue weighted by molar-refractivity contribution is 5.55. The molecule has 0 aromatic rings. The second-order valence-electron chi connectivity index (χ2n) is 2.11. The summed E-state index contributed by atoms with van der Waals surface area (Å²) in [5.41, 5.74) is 7.75. The molecular weight excluding hydrogens is 138 g/mol. The van der Waals surface area contributed by atoms with Gasteiger partial charge in [0, 0.05) is 13.3 Å². The monoisotopic (exact) mass is 153 g/mol. The lowest BCUT2D eigenvalue weighted by Crippen LogP contribution is -2.14. The maximum atomic E-state index is 5.66. The van der Waals surface area contributed by atoms with Crippen LogP contribution in [0.3, 0.4) is 0 Å². The standard InChI is InChI=1S/C8H15N3/c1-5-11-7(3)8(9)6(2)10-4/h5,10H,2,9H2,1,3-4H3/b8-7-,11-5-. The predicted octanol–water partition coefficient (Wildman–Crippen LogP) is 1.00. The van der Waals surface area contributed by atoms with Crippen molar-refractivity contribution in [3.63, 3.8) is 0 Å². The first-order chi connectivity index (χ1) is 5.13. The highest BCUT2D eigenvalue weighted by Crippen LogP contribution is 2.04. The molecule has 0 unspecified atom stereocenters. The molecule has 0 aliphatic heterocycles. The van der Waals surface area contributed by atoms with Gasteiger partial charge >= 0.3 is 0 Å². The van der Waals surface area contributed by atoms with E-state index < -0.39 is 0 Å². The lowest BCUT2D eigenvalue weighted by atomic mass is 10.3. The number of nitrogens with one attached hydrogen (secondary N) is 1. The van der Waals surface area contributed by atoms with E-state index in [1.54, 1.807) is 13.3 Å². The van der Waals surface area contributed by atoms with Crippen molar-refractivity contribution in [3.8, 4) is 0 Å². The van der Waals surface area contributed by atoms with E-state index in [0.717, 1.165) is 5.70 Å². The Morgan fingerprint density at radius 3 is 2.55 bits per heavy atom. The van der Waals surface area contributed by atoms with Gasteiger partial charge in [0.1, 0.15) is 0 Å². The minimum absolute atomic E-state index is 0.602. The van der Waals surface area contributed by atoms with Crippen molar-refractivity contribution in [3.05, 3.63) is 23.7 Å². The first-order valence-corrected chi connectivity index (χ1v) is 3.45.